The number of alkyl halides is 2. The summed E-state index contributed by atoms with van der Waals surface area (Å²) in [7, 11) is -1.36. The summed E-state index contributed by atoms with van der Waals surface area (Å²) in [6.07, 6.45) is 0. The number of halogens is 2. The zero-order chi connectivity index (χ0) is 10.8. The molecule has 0 radical (unpaired) electrons. The van der Waals surface area contributed by atoms with Gasteiger partial charge in [-0.25, -0.2) is 0 Å². The van der Waals surface area contributed by atoms with Gasteiger partial charge in [0.05, 0.1) is 10.8 Å². The number of rotatable bonds is 2. The van der Waals surface area contributed by atoms with Crippen LogP contribution in [0.15, 0.2) is 47.4 Å². The molecule has 0 bridgehead atoms. The van der Waals surface area contributed by atoms with Crippen LogP contribution in [0.3, 0.4) is 0 Å². The molecule has 0 saturated carbocycles. The molecule has 0 fully saturated rings. The summed E-state index contributed by atoms with van der Waals surface area (Å²) in [5.74, 6) is 0. The highest BCUT2D eigenvalue weighted by Crippen LogP contribution is 2.22. The van der Waals surface area contributed by atoms with Crippen LogP contribution in [0.25, 0.3) is 10.8 Å². The van der Waals surface area contributed by atoms with Gasteiger partial charge in [-0.15, -0.1) is 0 Å². The third kappa shape index (κ3) is 2.33. The fraction of sp³-hybridized carbons (Fsp3) is 0.0909. The van der Waals surface area contributed by atoms with E-state index in [1.54, 1.807) is 6.07 Å². The van der Waals surface area contributed by atoms with E-state index in [0.29, 0.717) is 4.90 Å². The second-order valence-corrected chi connectivity index (χ2v) is 6.22. The number of fused-ring (bicyclic) bond motifs is 1. The van der Waals surface area contributed by atoms with Crippen molar-refractivity contribution in [2.45, 2.75) is 9.06 Å². The Morgan fingerprint density at radius 1 is 1.00 bits per heavy atom. The van der Waals surface area contributed by atoms with E-state index >= 15 is 0 Å². The predicted molar refractivity (Wildman–Crippen MR) is 65.9 cm³/mol. The first-order chi connectivity index (χ1) is 7.18. The Kier molecular flexibility index (Phi) is 3.29. The van der Waals surface area contributed by atoms with Crippen molar-refractivity contribution in [2.75, 3.05) is 0 Å². The average molecular weight is 259 g/mol. The van der Waals surface area contributed by atoms with Crippen LogP contribution in [-0.2, 0) is 10.8 Å². The highest BCUT2D eigenvalue weighted by molar-refractivity contribution is 7.88. The minimum Gasteiger partial charge on any atom is -0.252 e. The topological polar surface area (TPSA) is 17.1 Å². The Labute approximate surface area is 100 Å². The SMILES string of the molecule is O=S(c1ccc2ccccc2c1)C(Cl)Cl. The van der Waals surface area contributed by atoms with E-state index in [4.69, 9.17) is 23.2 Å². The molecule has 0 heterocycles. The number of hydrogen-bond acceptors (Lipinski definition) is 1. The third-order valence-corrected chi connectivity index (χ3v) is 4.13. The lowest BCUT2D eigenvalue weighted by molar-refractivity contribution is 0.685. The van der Waals surface area contributed by atoms with Crippen LogP contribution in [0.2, 0.25) is 0 Å². The van der Waals surface area contributed by atoms with Gasteiger partial charge in [0, 0.05) is 4.90 Å². The molecule has 2 rings (SSSR count). The minimum atomic E-state index is -1.36. The van der Waals surface area contributed by atoms with Gasteiger partial charge in [-0.05, 0) is 22.9 Å². The molecule has 0 aliphatic heterocycles. The molecule has 1 unspecified atom stereocenters. The molecule has 0 aromatic heterocycles. The van der Waals surface area contributed by atoms with Crippen LogP contribution in [0, 0.1) is 0 Å². The van der Waals surface area contributed by atoms with E-state index in [-0.39, 0.29) is 0 Å². The van der Waals surface area contributed by atoms with Crippen LogP contribution in [-0.4, -0.2) is 8.38 Å². The van der Waals surface area contributed by atoms with Crippen LogP contribution in [0.1, 0.15) is 0 Å². The van der Waals surface area contributed by atoms with Crippen molar-refractivity contribution in [1.82, 2.24) is 0 Å². The molecule has 2 aromatic rings. The van der Waals surface area contributed by atoms with Gasteiger partial charge in [0.1, 0.15) is 0 Å². The van der Waals surface area contributed by atoms with Crippen molar-refractivity contribution in [3.05, 3.63) is 42.5 Å². The van der Waals surface area contributed by atoms with Gasteiger partial charge in [0.2, 0.25) is 0 Å². The number of benzene rings is 2. The first kappa shape index (κ1) is 10.9. The molecule has 0 N–H and O–H groups in total. The molecule has 1 atom stereocenters. The second-order valence-electron chi connectivity index (χ2n) is 3.07. The van der Waals surface area contributed by atoms with Gasteiger partial charge in [-0.2, -0.15) is 0 Å². The van der Waals surface area contributed by atoms with Crippen LogP contribution in [0.5, 0.6) is 0 Å². The molecule has 0 saturated heterocycles. The summed E-state index contributed by atoms with van der Waals surface area (Å²) in [6, 6.07) is 13.4. The maximum Gasteiger partial charge on any atom is 0.186 e. The molecular weight excluding hydrogens is 251 g/mol. The van der Waals surface area contributed by atoms with Crippen molar-refractivity contribution >= 4 is 44.8 Å². The van der Waals surface area contributed by atoms with E-state index < -0.39 is 15.0 Å². The van der Waals surface area contributed by atoms with Gasteiger partial charge in [-0.3, -0.25) is 4.21 Å². The first-order valence-electron chi connectivity index (χ1n) is 4.36. The standard InChI is InChI=1S/C11H8Cl2OS/c12-11(13)15(14)10-6-5-8-3-1-2-4-9(8)7-10/h1-7,11H. The summed E-state index contributed by atoms with van der Waals surface area (Å²) in [6.45, 7) is 0. The average Bonchev–Trinajstić information content (AvgIpc) is 2.27. The van der Waals surface area contributed by atoms with Crippen molar-refractivity contribution in [3.63, 3.8) is 0 Å². The minimum absolute atomic E-state index is 0.656. The maximum atomic E-state index is 11.6. The molecule has 0 amide bonds. The Bertz CT molecular complexity index is 511. The highest BCUT2D eigenvalue weighted by Gasteiger charge is 2.12. The molecule has 78 valence electrons. The lowest BCUT2D eigenvalue weighted by atomic mass is 10.1. The van der Waals surface area contributed by atoms with Crippen molar-refractivity contribution < 1.29 is 4.21 Å². The summed E-state index contributed by atoms with van der Waals surface area (Å²) in [5, 5.41) is 2.15. The second kappa shape index (κ2) is 4.52. The van der Waals surface area contributed by atoms with Gasteiger partial charge in [0.15, 0.2) is 4.17 Å². The van der Waals surface area contributed by atoms with Crippen molar-refractivity contribution in [1.29, 1.82) is 0 Å². The van der Waals surface area contributed by atoms with E-state index in [0.717, 1.165) is 10.8 Å². The Morgan fingerprint density at radius 2 is 1.67 bits per heavy atom. The first-order valence-corrected chi connectivity index (χ1v) is 6.44. The molecular formula is C11H8Cl2OS. The quantitative estimate of drug-likeness (QED) is 0.751. The van der Waals surface area contributed by atoms with Crippen LogP contribution >= 0.6 is 23.2 Å². The highest BCUT2D eigenvalue weighted by atomic mass is 35.5. The summed E-state index contributed by atoms with van der Waals surface area (Å²) >= 11 is 11.2. The zero-order valence-corrected chi connectivity index (χ0v) is 10.0. The van der Waals surface area contributed by atoms with E-state index in [9.17, 15) is 4.21 Å². The molecule has 2 aromatic carbocycles. The van der Waals surface area contributed by atoms with Crippen molar-refractivity contribution in [2.24, 2.45) is 0 Å². The summed E-state index contributed by atoms with van der Waals surface area (Å²) < 4.78 is 10.8. The molecule has 0 aliphatic rings. The van der Waals surface area contributed by atoms with Gasteiger partial charge in [-0.1, -0.05) is 53.5 Å². The third-order valence-electron chi connectivity index (χ3n) is 2.12. The lowest BCUT2D eigenvalue weighted by Gasteiger charge is -2.04. The monoisotopic (exact) mass is 258 g/mol. The Hall–Kier alpha value is -0.570. The Balaban J connectivity index is 2.52. The zero-order valence-electron chi connectivity index (χ0n) is 7.69. The molecule has 1 nitrogen and oxygen atoms in total. The fourth-order valence-electron chi connectivity index (χ4n) is 1.40. The summed E-state index contributed by atoms with van der Waals surface area (Å²) in [5.41, 5.74) is 0. The van der Waals surface area contributed by atoms with Gasteiger partial charge >= 0.3 is 0 Å². The predicted octanol–water partition coefficient (Wildman–Crippen LogP) is 3.71. The van der Waals surface area contributed by atoms with Crippen LogP contribution in [0.4, 0.5) is 0 Å². The normalized spacial score (nSPS) is 13.3. The fourth-order valence-corrected chi connectivity index (χ4v) is 2.66. The smallest absolute Gasteiger partial charge is 0.186 e. The van der Waals surface area contributed by atoms with E-state index in [1.165, 1.54) is 0 Å². The largest absolute Gasteiger partial charge is 0.252 e. The maximum absolute atomic E-state index is 11.6. The number of hydrogen-bond donors (Lipinski definition) is 0. The van der Waals surface area contributed by atoms with Crippen molar-refractivity contribution in [3.8, 4) is 0 Å². The summed E-state index contributed by atoms with van der Waals surface area (Å²) in [4.78, 5) is 0.656. The lowest BCUT2D eigenvalue weighted by Crippen LogP contribution is -1.99. The molecule has 15 heavy (non-hydrogen) atoms. The molecule has 4 heteroatoms. The Morgan fingerprint density at radius 3 is 2.33 bits per heavy atom. The molecule has 0 spiro atoms. The molecule has 0 aliphatic carbocycles. The van der Waals surface area contributed by atoms with Crippen LogP contribution < -0.4 is 0 Å². The van der Waals surface area contributed by atoms with E-state index in [2.05, 4.69) is 0 Å². The van der Waals surface area contributed by atoms with Gasteiger partial charge < -0.3 is 0 Å². The van der Waals surface area contributed by atoms with Gasteiger partial charge in [0.25, 0.3) is 0 Å². The van der Waals surface area contributed by atoms with E-state index in [1.807, 2.05) is 36.4 Å².